The van der Waals surface area contributed by atoms with E-state index in [1.807, 2.05) is 0 Å². The van der Waals surface area contributed by atoms with Gasteiger partial charge in [0.1, 0.15) is 17.2 Å². The summed E-state index contributed by atoms with van der Waals surface area (Å²) in [7, 11) is 1.41. The number of phenolic OH excluding ortho intramolecular Hbond substituents is 2. The SMILES string of the molecule is COc1cccc2c1C(=O)c1c(O)c3c(c(O)c1C2=O)CC(C(=O)NCCC1CCCN1)CC3. The predicted molar refractivity (Wildman–Crippen MR) is 124 cm³/mol. The first-order valence-corrected chi connectivity index (χ1v) is 11.8. The molecule has 34 heavy (non-hydrogen) atoms. The summed E-state index contributed by atoms with van der Waals surface area (Å²) in [5.41, 5.74) is 0.613. The molecule has 0 bridgehead atoms. The van der Waals surface area contributed by atoms with E-state index >= 15 is 0 Å². The van der Waals surface area contributed by atoms with E-state index in [2.05, 4.69) is 10.6 Å². The topological polar surface area (TPSA) is 125 Å². The minimum absolute atomic E-state index is 0.0852. The van der Waals surface area contributed by atoms with E-state index in [9.17, 15) is 24.6 Å². The van der Waals surface area contributed by atoms with E-state index in [4.69, 9.17) is 4.74 Å². The van der Waals surface area contributed by atoms with Gasteiger partial charge in [0.15, 0.2) is 5.78 Å². The third-order valence-electron chi connectivity index (χ3n) is 7.35. The zero-order valence-electron chi connectivity index (χ0n) is 19.1. The van der Waals surface area contributed by atoms with Crippen LogP contribution in [0.25, 0.3) is 0 Å². The van der Waals surface area contributed by atoms with Crippen LogP contribution in [0.2, 0.25) is 0 Å². The summed E-state index contributed by atoms with van der Waals surface area (Å²) in [6.07, 6.45) is 4.14. The highest BCUT2D eigenvalue weighted by Crippen LogP contribution is 2.47. The second-order valence-corrected chi connectivity index (χ2v) is 9.26. The predicted octanol–water partition coefficient (Wildman–Crippen LogP) is 2.25. The molecule has 1 saturated heterocycles. The Morgan fingerprint density at radius 2 is 1.85 bits per heavy atom. The maximum Gasteiger partial charge on any atom is 0.223 e. The van der Waals surface area contributed by atoms with Crippen LogP contribution in [0.15, 0.2) is 18.2 Å². The van der Waals surface area contributed by atoms with Crippen molar-refractivity contribution in [2.75, 3.05) is 20.2 Å². The molecule has 2 atom stereocenters. The fourth-order valence-electron chi connectivity index (χ4n) is 5.55. The van der Waals surface area contributed by atoms with Crippen LogP contribution in [0, 0.1) is 5.92 Å². The number of hydrogen-bond donors (Lipinski definition) is 4. The van der Waals surface area contributed by atoms with Crippen LogP contribution in [0.3, 0.4) is 0 Å². The van der Waals surface area contributed by atoms with Gasteiger partial charge in [-0.1, -0.05) is 12.1 Å². The molecule has 1 amide bonds. The average Bonchev–Trinajstić information content (AvgIpc) is 3.37. The number of fused-ring (bicyclic) bond motifs is 3. The molecule has 0 radical (unpaired) electrons. The van der Waals surface area contributed by atoms with E-state index in [0.29, 0.717) is 36.6 Å². The third-order valence-corrected chi connectivity index (χ3v) is 7.35. The largest absolute Gasteiger partial charge is 0.507 e. The molecule has 0 saturated carbocycles. The molecule has 0 aromatic heterocycles. The molecule has 2 aliphatic carbocycles. The van der Waals surface area contributed by atoms with Crippen LogP contribution >= 0.6 is 0 Å². The zero-order chi connectivity index (χ0) is 24.0. The van der Waals surface area contributed by atoms with Gasteiger partial charge in [-0.2, -0.15) is 0 Å². The Morgan fingerprint density at radius 3 is 2.59 bits per heavy atom. The Balaban J connectivity index is 1.43. The molecule has 1 fully saturated rings. The fourth-order valence-corrected chi connectivity index (χ4v) is 5.55. The van der Waals surface area contributed by atoms with Crippen molar-refractivity contribution >= 4 is 17.5 Å². The molecule has 2 aromatic carbocycles. The number of hydrogen-bond acceptors (Lipinski definition) is 7. The zero-order valence-corrected chi connectivity index (χ0v) is 19.1. The molecule has 2 aromatic rings. The normalized spacial score (nSPS) is 21.0. The molecule has 3 aliphatic rings. The molecule has 4 N–H and O–H groups in total. The summed E-state index contributed by atoms with van der Waals surface area (Å²) in [5, 5.41) is 28.5. The number of carbonyl (C=O) groups excluding carboxylic acids is 3. The highest BCUT2D eigenvalue weighted by molar-refractivity contribution is 6.31. The van der Waals surface area contributed by atoms with E-state index in [0.717, 1.165) is 25.8 Å². The standard InChI is InChI=1S/C26H28N2O6/c1-34-18-6-2-5-16-19(18)25(32)21-20(23(16)30)24(31)17-12-13(7-8-15(17)22(21)29)26(33)28-11-9-14-4-3-10-27-14/h2,5-6,13-14,27,29,31H,3-4,7-12H2,1H3,(H,28,33). The van der Waals surface area contributed by atoms with Gasteiger partial charge in [-0.05, 0) is 51.1 Å². The lowest BCUT2D eigenvalue weighted by molar-refractivity contribution is -0.125. The maximum atomic E-state index is 13.3. The molecule has 0 spiro atoms. The second-order valence-electron chi connectivity index (χ2n) is 9.26. The minimum Gasteiger partial charge on any atom is -0.507 e. The van der Waals surface area contributed by atoms with Crippen LogP contribution < -0.4 is 15.4 Å². The van der Waals surface area contributed by atoms with Gasteiger partial charge in [-0.3, -0.25) is 14.4 Å². The van der Waals surface area contributed by atoms with E-state index in [1.165, 1.54) is 13.2 Å². The number of phenols is 2. The number of aromatic hydroxyl groups is 2. The van der Waals surface area contributed by atoms with Crippen LogP contribution in [0.5, 0.6) is 17.2 Å². The molecule has 1 heterocycles. The quantitative estimate of drug-likeness (QED) is 0.427. The van der Waals surface area contributed by atoms with E-state index < -0.39 is 11.6 Å². The van der Waals surface area contributed by atoms with Crippen LogP contribution in [0.1, 0.15) is 68.7 Å². The van der Waals surface area contributed by atoms with Gasteiger partial charge >= 0.3 is 0 Å². The summed E-state index contributed by atoms with van der Waals surface area (Å²) in [5.74, 6) is -1.95. The first-order chi connectivity index (χ1) is 16.4. The first kappa shape index (κ1) is 22.4. The number of carbonyl (C=O) groups is 3. The summed E-state index contributed by atoms with van der Waals surface area (Å²) in [6.45, 7) is 1.59. The van der Waals surface area contributed by atoms with Crippen molar-refractivity contribution in [3.05, 3.63) is 51.6 Å². The Kier molecular flexibility index (Phi) is 5.77. The molecule has 8 nitrogen and oxygen atoms in total. The number of ether oxygens (including phenoxy) is 1. The van der Waals surface area contributed by atoms with Gasteiger partial charge in [0.05, 0.1) is 23.8 Å². The van der Waals surface area contributed by atoms with Crippen molar-refractivity contribution in [3.8, 4) is 17.2 Å². The Labute approximate surface area is 197 Å². The first-order valence-electron chi connectivity index (χ1n) is 11.8. The third kappa shape index (κ3) is 3.53. The van der Waals surface area contributed by atoms with E-state index in [-0.39, 0.29) is 57.7 Å². The number of benzene rings is 2. The second kappa shape index (κ2) is 8.76. The molecule has 178 valence electrons. The van der Waals surface area contributed by atoms with Gasteiger partial charge in [0.2, 0.25) is 11.7 Å². The van der Waals surface area contributed by atoms with Gasteiger partial charge in [0.25, 0.3) is 0 Å². The Hall–Kier alpha value is -3.39. The van der Waals surface area contributed by atoms with Crippen molar-refractivity contribution in [1.82, 2.24) is 10.6 Å². The van der Waals surface area contributed by atoms with Crippen molar-refractivity contribution in [1.29, 1.82) is 0 Å². The summed E-state index contributed by atoms with van der Waals surface area (Å²) >= 11 is 0. The molecule has 5 rings (SSSR count). The number of rotatable bonds is 5. The highest BCUT2D eigenvalue weighted by Gasteiger charge is 2.41. The lowest BCUT2D eigenvalue weighted by Gasteiger charge is -2.29. The van der Waals surface area contributed by atoms with Crippen LogP contribution in [-0.2, 0) is 17.6 Å². The maximum absolute atomic E-state index is 13.3. The summed E-state index contributed by atoms with van der Waals surface area (Å²) < 4.78 is 5.27. The number of ketones is 2. The Morgan fingerprint density at radius 1 is 1.09 bits per heavy atom. The monoisotopic (exact) mass is 464 g/mol. The van der Waals surface area contributed by atoms with Gasteiger partial charge in [-0.15, -0.1) is 0 Å². The molecule has 2 unspecified atom stereocenters. The number of amides is 1. The van der Waals surface area contributed by atoms with Crippen LogP contribution in [0.4, 0.5) is 0 Å². The molecular formula is C26H28N2O6. The van der Waals surface area contributed by atoms with Crippen molar-refractivity contribution in [2.45, 2.75) is 44.6 Å². The van der Waals surface area contributed by atoms with Gasteiger partial charge < -0.3 is 25.6 Å². The summed E-state index contributed by atoms with van der Waals surface area (Å²) in [4.78, 5) is 39.4. The molecule has 8 heteroatoms. The van der Waals surface area contributed by atoms with Gasteiger partial charge in [-0.25, -0.2) is 0 Å². The van der Waals surface area contributed by atoms with E-state index in [1.54, 1.807) is 12.1 Å². The minimum atomic E-state index is -0.557. The highest BCUT2D eigenvalue weighted by atomic mass is 16.5. The molecular weight excluding hydrogens is 436 g/mol. The molecule has 1 aliphatic heterocycles. The summed E-state index contributed by atoms with van der Waals surface area (Å²) in [6, 6.07) is 5.12. The number of methoxy groups -OCH3 is 1. The van der Waals surface area contributed by atoms with Crippen molar-refractivity contribution < 1.29 is 29.3 Å². The lowest BCUT2D eigenvalue weighted by atomic mass is 9.75. The van der Waals surface area contributed by atoms with Crippen LogP contribution in [-0.4, -0.2) is 53.9 Å². The van der Waals surface area contributed by atoms with Gasteiger partial charge in [0, 0.05) is 35.2 Å². The van der Waals surface area contributed by atoms with Crippen molar-refractivity contribution in [3.63, 3.8) is 0 Å². The Bertz CT molecular complexity index is 1200. The lowest BCUT2D eigenvalue weighted by Crippen LogP contribution is -2.37. The van der Waals surface area contributed by atoms with Crippen molar-refractivity contribution in [2.24, 2.45) is 5.92 Å². The average molecular weight is 465 g/mol. The smallest absolute Gasteiger partial charge is 0.223 e. The number of nitrogens with one attached hydrogen (secondary N) is 2. The fraction of sp³-hybridized carbons (Fsp3) is 0.423.